The minimum atomic E-state index is 0. The van der Waals surface area contributed by atoms with Crippen molar-refractivity contribution in [1.29, 1.82) is 0 Å². The van der Waals surface area contributed by atoms with E-state index in [0.717, 1.165) is 11.4 Å². The number of thiophene rings is 1. The van der Waals surface area contributed by atoms with Crippen molar-refractivity contribution in [2.75, 3.05) is 13.1 Å². The van der Waals surface area contributed by atoms with Gasteiger partial charge in [0, 0.05) is 17.5 Å². The van der Waals surface area contributed by atoms with E-state index in [-0.39, 0.29) is 18.3 Å². The van der Waals surface area contributed by atoms with Gasteiger partial charge in [-0.2, -0.15) is 0 Å². The third-order valence-electron chi connectivity index (χ3n) is 2.07. The molecule has 92 valence electrons. The fourth-order valence-corrected chi connectivity index (χ4v) is 2.02. The van der Waals surface area contributed by atoms with Gasteiger partial charge in [-0.3, -0.25) is 4.79 Å². The quantitative estimate of drug-likeness (QED) is 0.821. The summed E-state index contributed by atoms with van der Waals surface area (Å²) in [5.41, 5.74) is 0. The van der Waals surface area contributed by atoms with Crippen molar-refractivity contribution in [1.82, 2.24) is 10.6 Å². The number of rotatable bonds is 6. The smallest absolute Gasteiger partial charge is 0.225 e. The van der Waals surface area contributed by atoms with Gasteiger partial charge in [-0.05, 0) is 24.9 Å². The summed E-state index contributed by atoms with van der Waals surface area (Å²) in [6, 6.07) is 4.29. The van der Waals surface area contributed by atoms with Crippen LogP contribution in [0, 0.1) is 0 Å². The molecule has 1 amide bonds. The minimum absolute atomic E-state index is 0. The summed E-state index contributed by atoms with van der Waals surface area (Å²) in [4.78, 5) is 12.6. The van der Waals surface area contributed by atoms with E-state index in [4.69, 9.17) is 0 Å². The highest BCUT2D eigenvalue weighted by Crippen LogP contribution is 2.08. The van der Waals surface area contributed by atoms with Crippen molar-refractivity contribution in [2.45, 2.75) is 26.3 Å². The van der Waals surface area contributed by atoms with Crippen molar-refractivity contribution in [3.8, 4) is 0 Å². The molecular formula is C11H19ClN2OS. The average Bonchev–Trinajstić information content (AvgIpc) is 2.68. The predicted octanol–water partition coefficient (Wildman–Crippen LogP) is 1.83. The number of likely N-dealkylation sites (N-methyl/N-ethyl adjacent to an activating group) is 1. The SMILES string of the molecule is CCN[C@H](C)CNC(=O)Cc1cccs1.Cl. The molecule has 0 saturated carbocycles. The Kier molecular flexibility index (Phi) is 8.25. The number of halogens is 1. The van der Waals surface area contributed by atoms with Crippen molar-refractivity contribution in [3.05, 3.63) is 22.4 Å². The zero-order valence-corrected chi connectivity index (χ0v) is 11.3. The maximum absolute atomic E-state index is 11.5. The third kappa shape index (κ3) is 6.10. The average molecular weight is 263 g/mol. The molecule has 1 aromatic heterocycles. The second-order valence-corrected chi connectivity index (χ2v) is 4.55. The molecule has 2 N–H and O–H groups in total. The lowest BCUT2D eigenvalue weighted by molar-refractivity contribution is -0.120. The van der Waals surface area contributed by atoms with E-state index in [2.05, 4.69) is 24.5 Å². The molecule has 1 heterocycles. The fraction of sp³-hybridized carbons (Fsp3) is 0.545. The molecule has 0 aliphatic rings. The predicted molar refractivity (Wildman–Crippen MR) is 71.4 cm³/mol. The second-order valence-electron chi connectivity index (χ2n) is 3.52. The molecule has 5 heteroatoms. The molecular weight excluding hydrogens is 244 g/mol. The molecule has 3 nitrogen and oxygen atoms in total. The van der Waals surface area contributed by atoms with Crippen LogP contribution in [0.3, 0.4) is 0 Å². The van der Waals surface area contributed by atoms with Gasteiger partial charge in [0.2, 0.25) is 5.91 Å². The summed E-state index contributed by atoms with van der Waals surface area (Å²) in [7, 11) is 0. The van der Waals surface area contributed by atoms with Crippen molar-refractivity contribution >= 4 is 29.7 Å². The molecule has 0 spiro atoms. The van der Waals surface area contributed by atoms with Gasteiger partial charge >= 0.3 is 0 Å². The molecule has 0 bridgehead atoms. The Balaban J connectivity index is 0.00000225. The lowest BCUT2D eigenvalue weighted by Crippen LogP contribution is -2.39. The molecule has 0 aromatic carbocycles. The normalized spacial score (nSPS) is 11.6. The highest BCUT2D eigenvalue weighted by atomic mass is 35.5. The largest absolute Gasteiger partial charge is 0.354 e. The zero-order valence-electron chi connectivity index (χ0n) is 9.66. The second kappa shape index (κ2) is 8.56. The molecule has 1 aromatic rings. The van der Waals surface area contributed by atoms with E-state index in [0.29, 0.717) is 19.0 Å². The molecule has 0 saturated heterocycles. The maximum Gasteiger partial charge on any atom is 0.225 e. The van der Waals surface area contributed by atoms with Gasteiger partial charge in [0.25, 0.3) is 0 Å². The van der Waals surface area contributed by atoms with Crippen LogP contribution in [0.4, 0.5) is 0 Å². The zero-order chi connectivity index (χ0) is 11.1. The van der Waals surface area contributed by atoms with E-state index < -0.39 is 0 Å². The van der Waals surface area contributed by atoms with Crippen LogP contribution >= 0.6 is 23.7 Å². The highest BCUT2D eigenvalue weighted by Gasteiger charge is 2.05. The van der Waals surface area contributed by atoms with Gasteiger partial charge in [0.05, 0.1) is 6.42 Å². The Bertz CT molecular complexity index is 290. The van der Waals surface area contributed by atoms with Crippen molar-refractivity contribution in [2.24, 2.45) is 0 Å². The van der Waals surface area contributed by atoms with Crippen molar-refractivity contribution in [3.63, 3.8) is 0 Å². The van der Waals surface area contributed by atoms with E-state index in [1.54, 1.807) is 11.3 Å². The first-order chi connectivity index (χ1) is 7.22. The van der Waals surface area contributed by atoms with Gasteiger partial charge in [-0.25, -0.2) is 0 Å². The summed E-state index contributed by atoms with van der Waals surface area (Å²) < 4.78 is 0. The first kappa shape index (κ1) is 15.4. The van der Waals surface area contributed by atoms with Crippen LogP contribution in [0.5, 0.6) is 0 Å². The van der Waals surface area contributed by atoms with Gasteiger partial charge in [-0.15, -0.1) is 23.7 Å². The fourth-order valence-electron chi connectivity index (χ4n) is 1.32. The van der Waals surface area contributed by atoms with Gasteiger partial charge < -0.3 is 10.6 Å². The number of hydrogen-bond donors (Lipinski definition) is 2. The monoisotopic (exact) mass is 262 g/mol. The number of amides is 1. The number of hydrogen-bond acceptors (Lipinski definition) is 3. The topological polar surface area (TPSA) is 41.1 Å². The summed E-state index contributed by atoms with van der Waals surface area (Å²) in [5.74, 6) is 0.0993. The Labute approximate surface area is 107 Å². The summed E-state index contributed by atoms with van der Waals surface area (Å²) in [6.07, 6.45) is 0.497. The third-order valence-corrected chi connectivity index (χ3v) is 2.95. The molecule has 0 aliphatic heterocycles. The maximum atomic E-state index is 11.5. The van der Waals surface area contributed by atoms with E-state index >= 15 is 0 Å². The molecule has 16 heavy (non-hydrogen) atoms. The highest BCUT2D eigenvalue weighted by molar-refractivity contribution is 7.10. The van der Waals surface area contributed by atoms with Crippen molar-refractivity contribution < 1.29 is 4.79 Å². The standard InChI is InChI=1S/C11H18N2OS.ClH/c1-3-12-9(2)8-13-11(14)7-10-5-4-6-15-10;/h4-6,9,12H,3,7-8H2,1-2H3,(H,13,14);1H/t9-;/m1./s1. The van der Waals surface area contributed by atoms with E-state index in [1.165, 1.54) is 0 Å². The Morgan fingerprint density at radius 1 is 1.56 bits per heavy atom. The van der Waals surface area contributed by atoms with E-state index in [1.807, 2.05) is 17.5 Å². The Morgan fingerprint density at radius 3 is 2.88 bits per heavy atom. The Morgan fingerprint density at radius 2 is 2.31 bits per heavy atom. The van der Waals surface area contributed by atoms with Crippen LogP contribution in [0.15, 0.2) is 17.5 Å². The summed E-state index contributed by atoms with van der Waals surface area (Å²) >= 11 is 1.62. The van der Waals surface area contributed by atoms with Crippen LogP contribution in [-0.4, -0.2) is 25.0 Å². The van der Waals surface area contributed by atoms with Gasteiger partial charge in [0.1, 0.15) is 0 Å². The molecule has 1 atom stereocenters. The lowest BCUT2D eigenvalue weighted by Gasteiger charge is -2.12. The lowest BCUT2D eigenvalue weighted by atomic mass is 10.3. The first-order valence-corrected chi connectivity index (χ1v) is 6.12. The van der Waals surface area contributed by atoms with Gasteiger partial charge in [0.15, 0.2) is 0 Å². The molecule has 0 radical (unpaired) electrons. The molecule has 0 unspecified atom stereocenters. The van der Waals surface area contributed by atoms with Crippen LogP contribution in [0.2, 0.25) is 0 Å². The number of carbonyl (C=O) groups excluding carboxylic acids is 1. The molecule has 0 aliphatic carbocycles. The summed E-state index contributed by atoms with van der Waals surface area (Å²) in [5, 5.41) is 8.15. The van der Waals surface area contributed by atoms with Crippen LogP contribution in [0.25, 0.3) is 0 Å². The Hall–Kier alpha value is -0.580. The van der Waals surface area contributed by atoms with Crippen LogP contribution in [0.1, 0.15) is 18.7 Å². The van der Waals surface area contributed by atoms with Crippen LogP contribution in [-0.2, 0) is 11.2 Å². The van der Waals surface area contributed by atoms with Crippen LogP contribution < -0.4 is 10.6 Å². The van der Waals surface area contributed by atoms with E-state index in [9.17, 15) is 4.79 Å². The number of carbonyl (C=O) groups is 1. The number of nitrogens with one attached hydrogen (secondary N) is 2. The molecule has 0 fully saturated rings. The first-order valence-electron chi connectivity index (χ1n) is 5.24. The molecule has 1 rings (SSSR count). The summed E-state index contributed by atoms with van der Waals surface area (Å²) in [6.45, 7) is 5.75. The minimum Gasteiger partial charge on any atom is -0.354 e. The van der Waals surface area contributed by atoms with Gasteiger partial charge in [-0.1, -0.05) is 13.0 Å².